The van der Waals surface area contributed by atoms with E-state index in [-0.39, 0.29) is 5.91 Å². The summed E-state index contributed by atoms with van der Waals surface area (Å²) in [7, 11) is 1.78. The summed E-state index contributed by atoms with van der Waals surface area (Å²) in [5.74, 6) is -0.0802. The number of fused-ring (bicyclic) bond motifs is 1. The van der Waals surface area contributed by atoms with E-state index in [0.717, 1.165) is 28.3 Å². The Kier molecular flexibility index (Phi) is 4.50. The molecule has 0 bridgehead atoms. The van der Waals surface area contributed by atoms with Crippen molar-refractivity contribution in [1.82, 2.24) is 9.78 Å². The van der Waals surface area contributed by atoms with Gasteiger partial charge in [-0.3, -0.25) is 4.79 Å². The Bertz CT molecular complexity index is 1040. The summed E-state index contributed by atoms with van der Waals surface area (Å²) in [5.41, 5.74) is 6.19. The van der Waals surface area contributed by atoms with Crippen molar-refractivity contribution >= 4 is 23.2 Å². The highest BCUT2D eigenvalue weighted by molar-refractivity contribution is 6.31. The maximum atomic E-state index is 13.0. The molecule has 2 aromatic carbocycles. The summed E-state index contributed by atoms with van der Waals surface area (Å²) in [6.45, 7) is 5.02. The predicted octanol–water partition coefficient (Wildman–Crippen LogP) is 4.45. The lowest BCUT2D eigenvalue weighted by molar-refractivity contribution is 0.0993. The topological polar surface area (TPSA) is 47.4 Å². The van der Waals surface area contributed by atoms with Crippen LogP contribution in [0.2, 0.25) is 5.02 Å². The monoisotopic (exact) mass is 381 g/mol. The van der Waals surface area contributed by atoms with Crippen molar-refractivity contribution in [3.63, 3.8) is 0 Å². The lowest BCUT2D eigenvalue weighted by atomic mass is 10.1. The van der Waals surface area contributed by atoms with Crippen molar-refractivity contribution in [1.29, 1.82) is 0 Å². The molecule has 1 aromatic heterocycles. The number of aromatic nitrogens is 2. The minimum atomic E-state index is -0.0802. The zero-order chi connectivity index (χ0) is 19.1. The number of hydrogen-bond acceptors (Lipinski definition) is 3. The number of halogens is 1. The van der Waals surface area contributed by atoms with E-state index in [0.29, 0.717) is 23.8 Å². The van der Waals surface area contributed by atoms with Gasteiger partial charge >= 0.3 is 0 Å². The third-order valence-corrected chi connectivity index (χ3v) is 5.48. The zero-order valence-electron chi connectivity index (χ0n) is 15.5. The van der Waals surface area contributed by atoms with E-state index in [4.69, 9.17) is 16.3 Å². The van der Waals surface area contributed by atoms with Gasteiger partial charge in [0.2, 0.25) is 0 Å². The molecule has 6 heteroatoms. The number of carbonyl (C=O) groups is 1. The Hall–Kier alpha value is -2.63. The van der Waals surface area contributed by atoms with Gasteiger partial charge in [-0.2, -0.15) is 5.10 Å². The molecule has 1 aliphatic rings. The van der Waals surface area contributed by atoms with Crippen LogP contribution >= 0.6 is 11.6 Å². The normalized spacial score (nSPS) is 12.9. The Balaban J connectivity index is 1.65. The van der Waals surface area contributed by atoms with E-state index in [1.807, 2.05) is 56.3 Å². The molecule has 0 atom stereocenters. The highest BCUT2D eigenvalue weighted by Crippen LogP contribution is 2.27. The number of aryl methyl sites for hydroxylation is 1. The number of carbonyl (C=O) groups excluding carboxylic acids is 1. The number of amides is 1. The zero-order valence-corrected chi connectivity index (χ0v) is 16.2. The van der Waals surface area contributed by atoms with Crippen LogP contribution in [0.4, 0.5) is 5.69 Å². The van der Waals surface area contributed by atoms with Gasteiger partial charge < -0.3 is 9.64 Å². The van der Waals surface area contributed by atoms with E-state index in [9.17, 15) is 4.79 Å². The molecule has 27 heavy (non-hydrogen) atoms. The Morgan fingerprint density at radius 3 is 2.67 bits per heavy atom. The van der Waals surface area contributed by atoms with Crippen LogP contribution in [0.1, 0.15) is 32.9 Å². The molecule has 0 fully saturated rings. The fourth-order valence-corrected chi connectivity index (χ4v) is 3.44. The summed E-state index contributed by atoms with van der Waals surface area (Å²) in [6.07, 6.45) is 0. The first kappa shape index (κ1) is 17.8. The molecule has 0 saturated heterocycles. The molecule has 2 heterocycles. The number of hydrogen-bond donors (Lipinski definition) is 0. The van der Waals surface area contributed by atoms with Gasteiger partial charge in [-0.25, -0.2) is 4.68 Å². The van der Waals surface area contributed by atoms with E-state index in [2.05, 4.69) is 5.10 Å². The molecule has 0 N–H and O–H groups in total. The van der Waals surface area contributed by atoms with Gasteiger partial charge in [0.05, 0.1) is 35.3 Å². The molecule has 0 spiro atoms. The fourth-order valence-electron chi connectivity index (χ4n) is 3.32. The first-order chi connectivity index (χ1) is 13.0. The van der Waals surface area contributed by atoms with Gasteiger partial charge in [0.15, 0.2) is 0 Å². The van der Waals surface area contributed by atoms with E-state index >= 15 is 0 Å². The minimum absolute atomic E-state index is 0.0802. The molecular weight excluding hydrogens is 362 g/mol. The highest BCUT2D eigenvalue weighted by atomic mass is 35.5. The van der Waals surface area contributed by atoms with Crippen LogP contribution in [0.3, 0.4) is 0 Å². The van der Waals surface area contributed by atoms with Crippen molar-refractivity contribution in [3.05, 3.63) is 75.6 Å². The van der Waals surface area contributed by atoms with Crippen molar-refractivity contribution in [2.24, 2.45) is 0 Å². The second kappa shape index (κ2) is 6.83. The van der Waals surface area contributed by atoms with Crippen LogP contribution < -0.4 is 4.90 Å². The molecule has 0 unspecified atom stereocenters. The van der Waals surface area contributed by atoms with Gasteiger partial charge in [-0.15, -0.1) is 0 Å². The van der Waals surface area contributed by atoms with Crippen molar-refractivity contribution in [2.75, 3.05) is 11.9 Å². The van der Waals surface area contributed by atoms with E-state index < -0.39 is 0 Å². The number of benzene rings is 2. The Morgan fingerprint density at radius 2 is 1.93 bits per heavy atom. The molecule has 4 rings (SSSR count). The van der Waals surface area contributed by atoms with Crippen molar-refractivity contribution in [3.8, 4) is 5.69 Å². The molecular formula is C21H20ClN3O2. The second-order valence-electron chi connectivity index (χ2n) is 6.76. The summed E-state index contributed by atoms with van der Waals surface area (Å²) in [5, 5.41) is 5.11. The van der Waals surface area contributed by atoms with Gasteiger partial charge in [0.1, 0.15) is 0 Å². The second-order valence-corrected chi connectivity index (χ2v) is 7.13. The molecule has 138 valence electrons. The van der Waals surface area contributed by atoms with Crippen LogP contribution in [-0.2, 0) is 18.0 Å². The van der Waals surface area contributed by atoms with E-state index in [1.54, 1.807) is 16.6 Å². The first-order valence-electron chi connectivity index (χ1n) is 8.75. The molecule has 5 nitrogen and oxygen atoms in total. The molecule has 0 radical (unpaired) electrons. The molecule has 0 saturated carbocycles. The predicted molar refractivity (Wildman–Crippen MR) is 106 cm³/mol. The van der Waals surface area contributed by atoms with E-state index in [1.165, 1.54) is 5.56 Å². The summed E-state index contributed by atoms with van der Waals surface area (Å²) in [6, 6.07) is 13.4. The van der Waals surface area contributed by atoms with Crippen LogP contribution in [0.15, 0.2) is 42.5 Å². The van der Waals surface area contributed by atoms with Crippen LogP contribution in [-0.4, -0.2) is 22.7 Å². The maximum Gasteiger partial charge on any atom is 0.258 e. The maximum absolute atomic E-state index is 13.0. The van der Waals surface area contributed by atoms with Gasteiger partial charge in [-0.1, -0.05) is 23.7 Å². The summed E-state index contributed by atoms with van der Waals surface area (Å²) < 4.78 is 7.22. The third-order valence-electron chi connectivity index (χ3n) is 4.94. The number of nitrogens with zero attached hydrogens (tertiary/aromatic N) is 3. The lowest BCUT2D eigenvalue weighted by Crippen LogP contribution is -2.26. The van der Waals surface area contributed by atoms with Gasteiger partial charge in [0.25, 0.3) is 5.91 Å². The molecule has 1 aliphatic heterocycles. The smallest absolute Gasteiger partial charge is 0.258 e. The number of anilines is 1. The first-order valence-corrected chi connectivity index (χ1v) is 9.13. The summed E-state index contributed by atoms with van der Waals surface area (Å²) in [4.78, 5) is 14.7. The highest BCUT2D eigenvalue weighted by Gasteiger charge is 2.18. The van der Waals surface area contributed by atoms with Gasteiger partial charge in [0, 0.05) is 18.3 Å². The average molecular weight is 382 g/mol. The number of rotatable bonds is 3. The number of ether oxygens (including phenoxy) is 1. The van der Waals surface area contributed by atoms with Gasteiger partial charge in [-0.05, 0) is 55.3 Å². The largest absolute Gasteiger partial charge is 0.372 e. The van der Waals surface area contributed by atoms with Crippen molar-refractivity contribution in [2.45, 2.75) is 27.1 Å². The molecule has 0 aliphatic carbocycles. The van der Waals surface area contributed by atoms with Crippen LogP contribution in [0.25, 0.3) is 5.69 Å². The quantitative estimate of drug-likeness (QED) is 0.673. The minimum Gasteiger partial charge on any atom is -0.372 e. The van der Waals surface area contributed by atoms with Crippen molar-refractivity contribution < 1.29 is 9.53 Å². The Labute approximate surface area is 163 Å². The standard InChI is InChI=1S/C21H20ClN3O2/c1-13-20(22)14(2)25(23-13)19-6-4-5-15(9-19)21(26)24(3)18-8-7-16-11-27-12-17(16)10-18/h4-10H,11-12H2,1-3H3. The van der Waals surface area contributed by atoms with Crippen LogP contribution in [0.5, 0.6) is 0 Å². The third kappa shape index (κ3) is 3.13. The molecule has 1 amide bonds. The molecule has 3 aromatic rings. The van der Waals surface area contributed by atoms with Crippen LogP contribution in [0, 0.1) is 13.8 Å². The fraction of sp³-hybridized carbons (Fsp3) is 0.238. The summed E-state index contributed by atoms with van der Waals surface area (Å²) >= 11 is 6.26. The average Bonchev–Trinajstić information content (AvgIpc) is 3.26. The Morgan fingerprint density at radius 1 is 1.15 bits per heavy atom. The lowest BCUT2D eigenvalue weighted by Gasteiger charge is -2.19. The SMILES string of the molecule is Cc1nn(-c2cccc(C(=O)N(C)c3ccc4c(c3)COC4)c2)c(C)c1Cl.